The lowest BCUT2D eigenvalue weighted by molar-refractivity contribution is 1.09. The number of hydrogen-bond acceptors (Lipinski definition) is 3. The number of imidazole rings is 1. The molecule has 1 N–H and O–H groups in total. The van der Waals surface area contributed by atoms with Crippen molar-refractivity contribution in [3.63, 3.8) is 0 Å². The summed E-state index contributed by atoms with van der Waals surface area (Å²) in [6.45, 7) is 0. The highest BCUT2D eigenvalue weighted by Gasteiger charge is 2.05. The molecule has 0 saturated carbocycles. The van der Waals surface area contributed by atoms with Gasteiger partial charge in [0, 0.05) is 24.2 Å². The van der Waals surface area contributed by atoms with Gasteiger partial charge < -0.3 is 0 Å². The molecule has 0 amide bonds. The molecule has 0 aromatic carbocycles. The van der Waals surface area contributed by atoms with Gasteiger partial charge in [0.05, 0.1) is 24.3 Å². The standard InChI is InChI=1S/C9H7N5/c1-2-14-8(7-3-12-13-4-7)5-11-9(14)6-10-1/h1-6H,(H,12,13). The molecule has 3 aromatic rings. The highest BCUT2D eigenvalue weighted by Crippen LogP contribution is 2.17. The molecule has 0 fully saturated rings. The number of aromatic nitrogens is 5. The molecular weight excluding hydrogens is 178 g/mol. The number of nitrogens with zero attached hydrogens (tertiary/aromatic N) is 4. The topological polar surface area (TPSA) is 58.9 Å². The molecule has 5 nitrogen and oxygen atoms in total. The van der Waals surface area contributed by atoms with Crippen molar-refractivity contribution >= 4 is 5.65 Å². The van der Waals surface area contributed by atoms with E-state index in [4.69, 9.17) is 0 Å². The highest BCUT2D eigenvalue weighted by molar-refractivity contribution is 5.61. The maximum absolute atomic E-state index is 4.23. The molecule has 0 radical (unpaired) electrons. The Morgan fingerprint density at radius 3 is 3.07 bits per heavy atom. The molecule has 3 heterocycles. The van der Waals surface area contributed by atoms with E-state index in [1.165, 1.54) is 0 Å². The van der Waals surface area contributed by atoms with E-state index in [1.807, 2.05) is 23.0 Å². The summed E-state index contributed by atoms with van der Waals surface area (Å²) >= 11 is 0. The molecule has 0 unspecified atom stereocenters. The van der Waals surface area contributed by atoms with Crippen molar-refractivity contribution in [2.45, 2.75) is 0 Å². The summed E-state index contributed by atoms with van der Waals surface area (Å²) in [4.78, 5) is 8.23. The minimum Gasteiger partial charge on any atom is -0.297 e. The van der Waals surface area contributed by atoms with Crippen LogP contribution in [0, 0.1) is 0 Å². The molecule has 0 aliphatic carbocycles. The molecule has 0 aliphatic heterocycles. The Kier molecular flexibility index (Phi) is 1.38. The lowest BCUT2D eigenvalue weighted by Crippen LogP contribution is -1.86. The third-order valence-corrected chi connectivity index (χ3v) is 2.11. The van der Waals surface area contributed by atoms with Crippen molar-refractivity contribution in [3.8, 4) is 11.3 Å². The van der Waals surface area contributed by atoms with Crippen LogP contribution in [0.1, 0.15) is 0 Å². The van der Waals surface area contributed by atoms with Gasteiger partial charge in [0.2, 0.25) is 0 Å². The van der Waals surface area contributed by atoms with Crippen LogP contribution in [0.4, 0.5) is 0 Å². The fourth-order valence-electron chi connectivity index (χ4n) is 1.45. The quantitative estimate of drug-likeness (QED) is 0.618. The van der Waals surface area contributed by atoms with Crippen LogP contribution in [0.3, 0.4) is 0 Å². The third kappa shape index (κ3) is 0.922. The number of aromatic amines is 1. The average Bonchev–Trinajstić information content (AvgIpc) is 2.85. The summed E-state index contributed by atoms with van der Waals surface area (Å²) in [5.74, 6) is 0. The van der Waals surface area contributed by atoms with E-state index in [-0.39, 0.29) is 0 Å². The molecule has 0 bridgehead atoms. The molecule has 68 valence electrons. The van der Waals surface area contributed by atoms with Crippen LogP contribution in [0.5, 0.6) is 0 Å². The van der Waals surface area contributed by atoms with Gasteiger partial charge in [-0.3, -0.25) is 14.5 Å². The van der Waals surface area contributed by atoms with Crippen LogP contribution < -0.4 is 0 Å². The van der Waals surface area contributed by atoms with Crippen molar-refractivity contribution in [2.75, 3.05) is 0 Å². The van der Waals surface area contributed by atoms with Gasteiger partial charge in [-0.2, -0.15) is 5.10 Å². The van der Waals surface area contributed by atoms with Gasteiger partial charge in [0.15, 0.2) is 5.65 Å². The van der Waals surface area contributed by atoms with E-state index >= 15 is 0 Å². The number of H-pyrrole nitrogens is 1. The Labute approximate surface area is 79.4 Å². The van der Waals surface area contributed by atoms with Crippen molar-refractivity contribution in [3.05, 3.63) is 37.2 Å². The lowest BCUT2D eigenvalue weighted by Gasteiger charge is -1.95. The van der Waals surface area contributed by atoms with Gasteiger partial charge >= 0.3 is 0 Å². The SMILES string of the molecule is c1cn2c(-c3cn[nH]c3)cnc2cn1. The van der Waals surface area contributed by atoms with Gasteiger partial charge in [-0.05, 0) is 0 Å². The zero-order valence-corrected chi connectivity index (χ0v) is 7.25. The number of hydrogen-bond donors (Lipinski definition) is 1. The van der Waals surface area contributed by atoms with Crippen LogP contribution in [-0.2, 0) is 0 Å². The summed E-state index contributed by atoms with van der Waals surface area (Å²) in [6.07, 6.45) is 10.8. The minimum atomic E-state index is 0.837. The van der Waals surface area contributed by atoms with E-state index in [1.54, 1.807) is 18.6 Å². The molecule has 3 rings (SSSR count). The third-order valence-electron chi connectivity index (χ3n) is 2.11. The normalized spacial score (nSPS) is 10.9. The van der Waals surface area contributed by atoms with Crippen molar-refractivity contribution in [2.24, 2.45) is 0 Å². The Bertz CT molecular complexity index is 551. The van der Waals surface area contributed by atoms with Crippen LogP contribution in [0.25, 0.3) is 16.9 Å². The van der Waals surface area contributed by atoms with E-state index in [2.05, 4.69) is 20.2 Å². The largest absolute Gasteiger partial charge is 0.297 e. The predicted molar refractivity (Wildman–Crippen MR) is 50.6 cm³/mol. The molecule has 3 aromatic heterocycles. The minimum absolute atomic E-state index is 0.837. The first-order valence-electron chi connectivity index (χ1n) is 4.21. The van der Waals surface area contributed by atoms with Crippen molar-refractivity contribution in [1.29, 1.82) is 0 Å². The molecule has 0 saturated heterocycles. The van der Waals surface area contributed by atoms with Crippen LogP contribution in [0.2, 0.25) is 0 Å². The molecule has 0 atom stereocenters. The lowest BCUT2D eigenvalue weighted by atomic mass is 10.3. The average molecular weight is 185 g/mol. The second-order valence-corrected chi connectivity index (χ2v) is 2.93. The van der Waals surface area contributed by atoms with Gasteiger partial charge in [0.1, 0.15) is 0 Å². The second-order valence-electron chi connectivity index (χ2n) is 2.93. The highest BCUT2D eigenvalue weighted by atomic mass is 15.1. The number of nitrogens with one attached hydrogen (secondary N) is 1. The maximum atomic E-state index is 4.23. The molecule has 5 heteroatoms. The van der Waals surface area contributed by atoms with Crippen LogP contribution >= 0.6 is 0 Å². The van der Waals surface area contributed by atoms with Crippen LogP contribution in [-0.4, -0.2) is 24.6 Å². The van der Waals surface area contributed by atoms with Gasteiger partial charge in [0.25, 0.3) is 0 Å². The van der Waals surface area contributed by atoms with E-state index in [0.29, 0.717) is 0 Å². The smallest absolute Gasteiger partial charge is 0.155 e. The molecular formula is C9H7N5. The Morgan fingerprint density at radius 2 is 2.21 bits per heavy atom. The first-order chi connectivity index (χ1) is 6.95. The number of fused-ring (bicyclic) bond motifs is 1. The summed E-state index contributed by atoms with van der Waals surface area (Å²) in [5, 5.41) is 6.68. The molecule has 0 spiro atoms. The zero-order chi connectivity index (χ0) is 9.38. The van der Waals surface area contributed by atoms with Crippen LogP contribution in [0.15, 0.2) is 37.2 Å². The monoisotopic (exact) mass is 185 g/mol. The summed E-state index contributed by atoms with van der Waals surface area (Å²) in [5.41, 5.74) is 2.86. The van der Waals surface area contributed by atoms with Gasteiger partial charge in [-0.15, -0.1) is 0 Å². The first kappa shape index (κ1) is 7.25. The Balaban J connectivity index is 2.33. The first-order valence-corrected chi connectivity index (χ1v) is 4.21. The Morgan fingerprint density at radius 1 is 1.21 bits per heavy atom. The molecule has 14 heavy (non-hydrogen) atoms. The second kappa shape index (κ2) is 2.66. The summed E-state index contributed by atoms with van der Waals surface area (Å²) in [6, 6.07) is 0. The zero-order valence-electron chi connectivity index (χ0n) is 7.25. The van der Waals surface area contributed by atoms with Crippen molar-refractivity contribution < 1.29 is 0 Å². The van der Waals surface area contributed by atoms with E-state index in [9.17, 15) is 0 Å². The molecule has 0 aliphatic rings. The van der Waals surface area contributed by atoms with E-state index in [0.717, 1.165) is 16.9 Å². The maximum Gasteiger partial charge on any atom is 0.155 e. The van der Waals surface area contributed by atoms with E-state index < -0.39 is 0 Å². The summed E-state index contributed by atoms with van der Waals surface area (Å²) in [7, 11) is 0. The predicted octanol–water partition coefficient (Wildman–Crippen LogP) is 1.12. The fourth-order valence-corrected chi connectivity index (χ4v) is 1.45. The number of rotatable bonds is 1. The van der Waals surface area contributed by atoms with Gasteiger partial charge in [-0.1, -0.05) is 0 Å². The van der Waals surface area contributed by atoms with Crippen molar-refractivity contribution in [1.82, 2.24) is 24.6 Å². The van der Waals surface area contributed by atoms with Gasteiger partial charge in [-0.25, -0.2) is 4.98 Å². The Hall–Kier alpha value is -2.17. The summed E-state index contributed by atoms with van der Waals surface area (Å²) < 4.78 is 1.97. The fraction of sp³-hybridized carbons (Fsp3) is 0.